The highest BCUT2D eigenvalue weighted by molar-refractivity contribution is 7.92. The molecule has 0 aliphatic rings. The molecule has 0 atom stereocenters. The van der Waals surface area contributed by atoms with E-state index in [9.17, 15) is 13.2 Å². The zero-order chi connectivity index (χ0) is 20.7. The molecule has 0 aliphatic carbocycles. The number of sulfonamides is 1. The van der Waals surface area contributed by atoms with E-state index in [2.05, 4.69) is 10.5 Å². The highest BCUT2D eigenvalue weighted by Gasteiger charge is 2.21. The van der Waals surface area contributed by atoms with Crippen LogP contribution in [0.2, 0.25) is 0 Å². The third-order valence-electron chi connectivity index (χ3n) is 3.91. The van der Waals surface area contributed by atoms with Gasteiger partial charge >= 0.3 is 0 Å². The first-order valence-corrected chi connectivity index (χ1v) is 10.2. The van der Waals surface area contributed by atoms with Gasteiger partial charge in [-0.25, -0.2) is 13.8 Å². The SMILES string of the molecule is COc1ccc(/C=N\NC(=O)CN(c2ccccc2C)S(C)(=O)=O)c(OC)c1. The van der Waals surface area contributed by atoms with Gasteiger partial charge in [0.2, 0.25) is 10.0 Å². The fraction of sp³-hybridized carbons (Fsp3) is 0.263. The quantitative estimate of drug-likeness (QED) is 0.535. The van der Waals surface area contributed by atoms with Crippen molar-refractivity contribution in [1.82, 2.24) is 5.43 Å². The molecule has 0 saturated carbocycles. The summed E-state index contributed by atoms with van der Waals surface area (Å²) in [5, 5.41) is 3.89. The van der Waals surface area contributed by atoms with Crippen molar-refractivity contribution in [2.24, 2.45) is 5.10 Å². The van der Waals surface area contributed by atoms with E-state index in [1.165, 1.54) is 13.3 Å². The molecule has 0 unspecified atom stereocenters. The summed E-state index contributed by atoms with van der Waals surface area (Å²) in [5.74, 6) is 0.576. The number of aryl methyl sites for hydroxylation is 1. The number of hydrazone groups is 1. The smallest absolute Gasteiger partial charge is 0.260 e. The Morgan fingerprint density at radius 1 is 1.18 bits per heavy atom. The predicted molar refractivity (Wildman–Crippen MR) is 109 cm³/mol. The van der Waals surface area contributed by atoms with Crippen molar-refractivity contribution >= 4 is 27.8 Å². The van der Waals surface area contributed by atoms with Crippen LogP contribution >= 0.6 is 0 Å². The lowest BCUT2D eigenvalue weighted by molar-refractivity contribution is -0.119. The molecule has 0 fully saturated rings. The summed E-state index contributed by atoms with van der Waals surface area (Å²) >= 11 is 0. The molecular weight excluding hydrogens is 382 g/mol. The summed E-state index contributed by atoms with van der Waals surface area (Å²) in [4.78, 5) is 12.2. The Morgan fingerprint density at radius 3 is 2.50 bits per heavy atom. The summed E-state index contributed by atoms with van der Waals surface area (Å²) in [6, 6.07) is 12.1. The second-order valence-corrected chi connectivity index (χ2v) is 7.86. The fourth-order valence-corrected chi connectivity index (χ4v) is 3.40. The molecule has 1 amide bonds. The van der Waals surface area contributed by atoms with E-state index in [-0.39, 0.29) is 6.54 Å². The van der Waals surface area contributed by atoms with Gasteiger partial charge in [-0.05, 0) is 30.7 Å². The highest BCUT2D eigenvalue weighted by Crippen LogP contribution is 2.23. The number of benzene rings is 2. The van der Waals surface area contributed by atoms with Crippen LogP contribution < -0.4 is 19.2 Å². The molecule has 2 rings (SSSR count). The summed E-state index contributed by atoms with van der Waals surface area (Å²) < 4.78 is 35.7. The van der Waals surface area contributed by atoms with Crippen molar-refractivity contribution in [2.75, 3.05) is 31.3 Å². The second-order valence-electron chi connectivity index (χ2n) is 5.96. The van der Waals surface area contributed by atoms with Crippen molar-refractivity contribution in [1.29, 1.82) is 0 Å². The lowest BCUT2D eigenvalue weighted by Crippen LogP contribution is -2.39. The standard InChI is InChI=1S/C19H23N3O5S/c1-14-7-5-6-8-17(14)22(28(4,24)25)13-19(23)21-20-12-15-9-10-16(26-2)11-18(15)27-3/h5-12H,13H2,1-4H3,(H,21,23)/b20-12-. The second kappa shape index (κ2) is 9.23. The third-order valence-corrected chi connectivity index (χ3v) is 5.03. The highest BCUT2D eigenvalue weighted by atomic mass is 32.2. The summed E-state index contributed by atoms with van der Waals surface area (Å²) in [7, 11) is -0.587. The predicted octanol–water partition coefficient (Wildman–Crippen LogP) is 1.93. The minimum absolute atomic E-state index is 0.388. The molecule has 0 aromatic heterocycles. The molecule has 2 aromatic rings. The van der Waals surface area contributed by atoms with Crippen molar-refractivity contribution in [3.8, 4) is 11.5 Å². The summed E-state index contributed by atoms with van der Waals surface area (Å²) in [6.45, 7) is 1.39. The Bertz CT molecular complexity index is 973. The average molecular weight is 405 g/mol. The molecule has 150 valence electrons. The molecule has 0 saturated heterocycles. The van der Waals surface area contributed by atoms with Gasteiger partial charge in [0.15, 0.2) is 0 Å². The Morgan fingerprint density at radius 2 is 1.89 bits per heavy atom. The van der Waals surface area contributed by atoms with E-state index >= 15 is 0 Å². The Hall–Kier alpha value is -3.07. The fourth-order valence-electron chi connectivity index (χ4n) is 2.49. The topological polar surface area (TPSA) is 97.3 Å². The number of nitrogens with zero attached hydrogens (tertiary/aromatic N) is 2. The molecule has 1 N–H and O–H groups in total. The number of methoxy groups -OCH3 is 2. The molecule has 0 spiro atoms. The van der Waals surface area contributed by atoms with Crippen LogP contribution in [0.4, 0.5) is 5.69 Å². The van der Waals surface area contributed by atoms with Crippen LogP contribution in [0.5, 0.6) is 11.5 Å². The minimum atomic E-state index is -3.64. The lowest BCUT2D eigenvalue weighted by atomic mass is 10.2. The number of hydrogen-bond donors (Lipinski definition) is 1. The summed E-state index contributed by atoms with van der Waals surface area (Å²) in [5.41, 5.74) is 4.16. The maximum absolute atomic E-state index is 12.2. The van der Waals surface area contributed by atoms with Gasteiger partial charge in [-0.2, -0.15) is 5.10 Å². The van der Waals surface area contributed by atoms with Crippen LogP contribution in [0.25, 0.3) is 0 Å². The molecule has 0 aliphatic heterocycles. The van der Waals surface area contributed by atoms with E-state index in [1.54, 1.807) is 56.5 Å². The Labute approximate surface area is 164 Å². The molecule has 0 bridgehead atoms. The maximum Gasteiger partial charge on any atom is 0.260 e. The number of nitrogens with one attached hydrogen (secondary N) is 1. The van der Waals surface area contributed by atoms with E-state index in [0.717, 1.165) is 16.1 Å². The molecule has 0 radical (unpaired) electrons. The van der Waals surface area contributed by atoms with E-state index in [1.807, 2.05) is 0 Å². The van der Waals surface area contributed by atoms with Gasteiger partial charge in [0.05, 0.1) is 32.4 Å². The zero-order valence-electron chi connectivity index (χ0n) is 16.2. The first-order chi connectivity index (χ1) is 13.3. The number of ether oxygens (including phenoxy) is 2. The first-order valence-electron chi connectivity index (χ1n) is 8.33. The molecular formula is C19H23N3O5S. The average Bonchev–Trinajstić information content (AvgIpc) is 2.66. The first kappa shape index (κ1) is 21.2. The van der Waals surface area contributed by atoms with Gasteiger partial charge in [-0.1, -0.05) is 18.2 Å². The van der Waals surface area contributed by atoms with Crippen LogP contribution in [0.3, 0.4) is 0 Å². The van der Waals surface area contributed by atoms with E-state index in [4.69, 9.17) is 9.47 Å². The van der Waals surface area contributed by atoms with E-state index in [0.29, 0.717) is 22.7 Å². The lowest BCUT2D eigenvalue weighted by Gasteiger charge is -2.23. The molecule has 0 heterocycles. The molecule has 2 aromatic carbocycles. The number of anilines is 1. The van der Waals surface area contributed by atoms with Gasteiger partial charge in [-0.3, -0.25) is 9.10 Å². The summed E-state index contributed by atoms with van der Waals surface area (Å²) in [6.07, 6.45) is 2.47. The van der Waals surface area contributed by atoms with Crippen LogP contribution in [0.1, 0.15) is 11.1 Å². The van der Waals surface area contributed by atoms with E-state index < -0.39 is 15.9 Å². The largest absolute Gasteiger partial charge is 0.497 e. The number of para-hydroxylation sites is 1. The van der Waals surface area contributed by atoms with Gasteiger partial charge in [0, 0.05) is 11.6 Å². The van der Waals surface area contributed by atoms with Crippen LogP contribution in [-0.4, -0.2) is 47.6 Å². The molecule has 9 heteroatoms. The number of carbonyl (C=O) groups excluding carboxylic acids is 1. The van der Waals surface area contributed by atoms with Gasteiger partial charge < -0.3 is 9.47 Å². The minimum Gasteiger partial charge on any atom is -0.497 e. The molecule has 8 nitrogen and oxygen atoms in total. The van der Waals surface area contributed by atoms with Crippen molar-refractivity contribution < 1.29 is 22.7 Å². The number of amides is 1. The van der Waals surface area contributed by atoms with Crippen molar-refractivity contribution in [3.05, 3.63) is 53.6 Å². The van der Waals surface area contributed by atoms with Crippen molar-refractivity contribution in [3.63, 3.8) is 0 Å². The normalized spacial score (nSPS) is 11.3. The van der Waals surface area contributed by atoms with Crippen LogP contribution in [0, 0.1) is 6.92 Å². The maximum atomic E-state index is 12.2. The monoisotopic (exact) mass is 405 g/mol. The van der Waals surface area contributed by atoms with Gasteiger partial charge in [0.1, 0.15) is 18.0 Å². The molecule has 28 heavy (non-hydrogen) atoms. The van der Waals surface area contributed by atoms with Gasteiger partial charge in [-0.15, -0.1) is 0 Å². The number of rotatable bonds is 8. The number of hydrogen-bond acceptors (Lipinski definition) is 6. The van der Waals surface area contributed by atoms with Crippen molar-refractivity contribution in [2.45, 2.75) is 6.92 Å². The zero-order valence-corrected chi connectivity index (χ0v) is 17.0. The Balaban J connectivity index is 2.12. The van der Waals surface area contributed by atoms with Gasteiger partial charge in [0.25, 0.3) is 5.91 Å². The van der Waals surface area contributed by atoms with Crippen LogP contribution in [0.15, 0.2) is 47.6 Å². The van der Waals surface area contributed by atoms with Crippen LogP contribution in [-0.2, 0) is 14.8 Å². The number of carbonyl (C=O) groups is 1. The Kier molecular flexibility index (Phi) is 7.00. The third kappa shape index (κ3) is 5.46.